The number of terminal acetylenes is 1. The molecule has 0 fully saturated rings. The van der Waals surface area contributed by atoms with Crippen LogP contribution < -0.4 is 9.47 Å². The number of benzene rings is 2. The molecule has 6 heteroatoms. The van der Waals surface area contributed by atoms with Crippen LogP contribution in [0.15, 0.2) is 36.4 Å². The third-order valence-corrected chi connectivity index (χ3v) is 3.66. The van der Waals surface area contributed by atoms with Crippen LogP contribution in [0.5, 0.6) is 11.5 Å². The SMILES string of the molecule is C#CCOC(=O)c1cc(Cl)c(OCc2ccc(Cl)cc2)c(OCC)c1. The van der Waals surface area contributed by atoms with Crippen LogP contribution in [0.3, 0.4) is 0 Å². The molecule has 130 valence electrons. The van der Waals surface area contributed by atoms with Crippen molar-refractivity contribution < 1.29 is 19.0 Å². The minimum Gasteiger partial charge on any atom is -0.490 e. The maximum absolute atomic E-state index is 11.9. The second kappa shape index (κ2) is 9.22. The molecule has 0 unspecified atom stereocenters. The highest BCUT2D eigenvalue weighted by molar-refractivity contribution is 6.32. The van der Waals surface area contributed by atoms with Crippen LogP contribution in [0.4, 0.5) is 0 Å². The van der Waals surface area contributed by atoms with Gasteiger partial charge in [-0.25, -0.2) is 4.79 Å². The molecular formula is C19H16Cl2O4. The number of carbonyl (C=O) groups excluding carboxylic acids is 1. The topological polar surface area (TPSA) is 44.8 Å². The molecule has 0 heterocycles. The van der Waals surface area contributed by atoms with Gasteiger partial charge in [0.05, 0.1) is 17.2 Å². The Kier molecular flexibility index (Phi) is 7.00. The maximum Gasteiger partial charge on any atom is 0.339 e. The molecule has 0 amide bonds. The fourth-order valence-electron chi connectivity index (χ4n) is 2.02. The Morgan fingerprint density at radius 3 is 2.52 bits per heavy atom. The molecule has 0 atom stereocenters. The van der Waals surface area contributed by atoms with Crippen molar-refractivity contribution in [2.24, 2.45) is 0 Å². The van der Waals surface area contributed by atoms with E-state index in [1.807, 2.05) is 19.1 Å². The highest BCUT2D eigenvalue weighted by Crippen LogP contribution is 2.37. The standard InChI is InChI=1S/C19H16Cl2O4/c1-3-9-24-19(22)14-10-16(21)18(17(11-14)23-4-2)25-12-13-5-7-15(20)8-6-13/h1,5-8,10-11H,4,9,12H2,2H3. The Morgan fingerprint density at radius 2 is 1.88 bits per heavy atom. The third-order valence-electron chi connectivity index (χ3n) is 3.13. The van der Waals surface area contributed by atoms with E-state index >= 15 is 0 Å². The lowest BCUT2D eigenvalue weighted by molar-refractivity contribution is 0.0556. The van der Waals surface area contributed by atoms with E-state index in [1.165, 1.54) is 12.1 Å². The average molecular weight is 379 g/mol. The van der Waals surface area contributed by atoms with Gasteiger partial charge in [0.2, 0.25) is 0 Å². The van der Waals surface area contributed by atoms with Crippen LogP contribution in [-0.2, 0) is 11.3 Å². The Morgan fingerprint density at radius 1 is 1.16 bits per heavy atom. The van der Waals surface area contributed by atoms with Crippen LogP contribution in [0.25, 0.3) is 0 Å². The number of rotatable bonds is 7. The third kappa shape index (κ3) is 5.32. The van der Waals surface area contributed by atoms with Gasteiger partial charge in [-0.05, 0) is 36.8 Å². The lowest BCUT2D eigenvalue weighted by Crippen LogP contribution is -2.07. The first kappa shape index (κ1) is 19.0. The Hall–Kier alpha value is -2.35. The molecule has 0 aliphatic rings. The predicted octanol–water partition coefficient (Wildman–Crippen LogP) is 4.76. The van der Waals surface area contributed by atoms with Crippen molar-refractivity contribution in [3.05, 3.63) is 57.6 Å². The van der Waals surface area contributed by atoms with E-state index in [-0.39, 0.29) is 23.8 Å². The van der Waals surface area contributed by atoms with E-state index in [0.29, 0.717) is 23.1 Å². The first-order valence-electron chi connectivity index (χ1n) is 7.49. The van der Waals surface area contributed by atoms with Gasteiger partial charge >= 0.3 is 5.97 Å². The van der Waals surface area contributed by atoms with Crippen LogP contribution >= 0.6 is 23.2 Å². The second-order valence-electron chi connectivity index (χ2n) is 4.91. The zero-order valence-corrected chi connectivity index (χ0v) is 15.1. The number of carbonyl (C=O) groups is 1. The van der Waals surface area contributed by atoms with Crippen molar-refractivity contribution in [3.8, 4) is 23.8 Å². The van der Waals surface area contributed by atoms with Crippen LogP contribution in [0.1, 0.15) is 22.8 Å². The summed E-state index contributed by atoms with van der Waals surface area (Å²) in [6.07, 6.45) is 5.08. The van der Waals surface area contributed by atoms with E-state index in [2.05, 4.69) is 5.92 Å². The number of hydrogen-bond acceptors (Lipinski definition) is 4. The smallest absolute Gasteiger partial charge is 0.339 e. The molecule has 4 nitrogen and oxygen atoms in total. The number of ether oxygens (including phenoxy) is 3. The molecule has 2 rings (SSSR count). The Labute approximate surface area is 156 Å². The fraction of sp³-hybridized carbons (Fsp3) is 0.211. The minimum atomic E-state index is -0.579. The van der Waals surface area contributed by atoms with Crippen LogP contribution in [0.2, 0.25) is 10.0 Å². The molecule has 0 saturated carbocycles. The van der Waals surface area contributed by atoms with Crippen molar-refractivity contribution in [2.45, 2.75) is 13.5 Å². The van der Waals surface area contributed by atoms with Gasteiger partial charge in [0, 0.05) is 5.02 Å². The van der Waals surface area contributed by atoms with Crippen molar-refractivity contribution in [1.82, 2.24) is 0 Å². The highest BCUT2D eigenvalue weighted by atomic mass is 35.5. The monoisotopic (exact) mass is 378 g/mol. The lowest BCUT2D eigenvalue weighted by Gasteiger charge is -2.15. The summed E-state index contributed by atoms with van der Waals surface area (Å²) in [6.45, 7) is 2.36. The first-order valence-corrected chi connectivity index (χ1v) is 8.25. The van der Waals surface area contributed by atoms with E-state index < -0.39 is 5.97 Å². The van der Waals surface area contributed by atoms with Gasteiger partial charge in [0.25, 0.3) is 0 Å². The summed E-state index contributed by atoms with van der Waals surface area (Å²) in [6, 6.07) is 10.2. The lowest BCUT2D eigenvalue weighted by atomic mass is 10.2. The maximum atomic E-state index is 11.9. The van der Waals surface area contributed by atoms with Gasteiger partial charge in [0.1, 0.15) is 6.61 Å². The normalized spacial score (nSPS) is 10.0. The molecule has 2 aromatic carbocycles. The highest BCUT2D eigenvalue weighted by Gasteiger charge is 2.17. The molecule has 0 aliphatic heterocycles. The summed E-state index contributed by atoms with van der Waals surface area (Å²) in [5.74, 6) is 2.37. The summed E-state index contributed by atoms with van der Waals surface area (Å²) >= 11 is 12.1. The Bertz CT molecular complexity index is 779. The molecular weight excluding hydrogens is 363 g/mol. The Balaban J connectivity index is 2.22. The number of halogens is 2. The number of esters is 1. The molecule has 25 heavy (non-hydrogen) atoms. The summed E-state index contributed by atoms with van der Waals surface area (Å²) in [4.78, 5) is 11.9. The summed E-state index contributed by atoms with van der Waals surface area (Å²) < 4.78 is 16.2. The summed E-state index contributed by atoms with van der Waals surface area (Å²) in [5, 5.41) is 0.888. The average Bonchev–Trinajstić information content (AvgIpc) is 2.60. The largest absolute Gasteiger partial charge is 0.490 e. The van der Waals surface area contributed by atoms with Gasteiger partial charge in [-0.2, -0.15) is 0 Å². The van der Waals surface area contributed by atoms with Crippen LogP contribution in [-0.4, -0.2) is 19.2 Å². The molecule has 0 aromatic heterocycles. The van der Waals surface area contributed by atoms with Crippen molar-refractivity contribution >= 4 is 29.2 Å². The minimum absolute atomic E-state index is 0.116. The first-order chi connectivity index (χ1) is 12.0. The fourth-order valence-corrected chi connectivity index (χ4v) is 2.41. The number of hydrogen-bond donors (Lipinski definition) is 0. The van der Waals surface area contributed by atoms with Gasteiger partial charge in [-0.15, -0.1) is 6.42 Å². The second-order valence-corrected chi connectivity index (χ2v) is 5.76. The predicted molar refractivity (Wildman–Crippen MR) is 97.5 cm³/mol. The molecule has 0 radical (unpaired) electrons. The molecule has 0 N–H and O–H groups in total. The molecule has 2 aromatic rings. The molecule has 0 bridgehead atoms. The summed E-state index contributed by atoms with van der Waals surface area (Å²) in [5.41, 5.74) is 1.16. The quantitative estimate of drug-likeness (QED) is 0.514. The molecule has 0 saturated heterocycles. The van der Waals surface area contributed by atoms with Crippen molar-refractivity contribution in [1.29, 1.82) is 0 Å². The van der Waals surface area contributed by atoms with Gasteiger partial charge < -0.3 is 14.2 Å². The molecule has 0 aliphatic carbocycles. The van der Waals surface area contributed by atoms with E-state index in [9.17, 15) is 4.79 Å². The zero-order valence-electron chi connectivity index (χ0n) is 13.6. The van der Waals surface area contributed by atoms with E-state index in [0.717, 1.165) is 5.56 Å². The summed E-state index contributed by atoms with van der Waals surface area (Å²) in [7, 11) is 0. The van der Waals surface area contributed by atoms with Gasteiger partial charge in [-0.1, -0.05) is 41.3 Å². The van der Waals surface area contributed by atoms with E-state index in [1.54, 1.807) is 12.1 Å². The molecule has 0 spiro atoms. The van der Waals surface area contributed by atoms with Gasteiger partial charge in [-0.3, -0.25) is 0 Å². The van der Waals surface area contributed by atoms with Crippen LogP contribution in [0, 0.1) is 12.3 Å². The van der Waals surface area contributed by atoms with E-state index in [4.69, 9.17) is 43.8 Å². The van der Waals surface area contributed by atoms with Gasteiger partial charge in [0.15, 0.2) is 18.1 Å². The van der Waals surface area contributed by atoms with Crippen molar-refractivity contribution in [2.75, 3.05) is 13.2 Å². The zero-order chi connectivity index (χ0) is 18.2. The van der Waals surface area contributed by atoms with Crippen molar-refractivity contribution in [3.63, 3.8) is 0 Å².